The highest BCUT2D eigenvalue weighted by atomic mass is 16.5. The monoisotopic (exact) mass is 257 g/mol. The summed E-state index contributed by atoms with van der Waals surface area (Å²) in [5.41, 5.74) is -0.654. The Bertz CT molecular complexity index is 308. The molecule has 0 aromatic carbocycles. The topological polar surface area (TPSA) is 66.8 Å². The summed E-state index contributed by atoms with van der Waals surface area (Å²) in [6.45, 7) is 4.97. The van der Waals surface area contributed by atoms with Crippen LogP contribution >= 0.6 is 0 Å². The van der Waals surface area contributed by atoms with E-state index in [9.17, 15) is 9.59 Å². The van der Waals surface area contributed by atoms with Crippen LogP contribution in [0.5, 0.6) is 0 Å². The molecule has 0 aromatic heterocycles. The Morgan fingerprint density at radius 1 is 1.44 bits per heavy atom. The van der Waals surface area contributed by atoms with Crippen molar-refractivity contribution in [3.8, 4) is 0 Å². The molecule has 5 heteroatoms. The fourth-order valence-corrected chi connectivity index (χ4v) is 2.18. The smallest absolute Gasteiger partial charge is 0.305 e. The van der Waals surface area contributed by atoms with Crippen LogP contribution in [0.1, 0.15) is 39.5 Å². The van der Waals surface area contributed by atoms with Crippen LogP contribution in [0.15, 0.2) is 0 Å². The Kier molecular flexibility index (Phi) is 5.14. The van der Waals surface area contributed by atoms with Crippen molar-refractivity contribution in [3.63, 3.8) is 0 Å². The third kappa shape index (κ3) is 4.29. The largest absolute Gasteiger partial charge is 0.481 e. The molecule has 0 bridgehead atoms. The molecule has 0 saturated carbocycles. The Morgan fingerprint density at radius 2 is 2.11 bits per heavy atom. The summed E-state index contributed by atoms with van der Waals surface area (Å²) in [4.78, 5) is 24.4. The SMILES string of the molecule is CN(C(=O)CC1CCCOC1)C(C)(C)CC(=O)O. The lowest BCUT2D eigenvalue weighted by Crippen LogP contribution is -2.47. The highest BCUT2D eigenvalue weighted by Gasteiger charge is 2.31. The van der Waals surface area contributed by atoms with Gasteiger partial charge in [-0.2, -0.15) is 0 Å². The van der Waals surface area contributed by atoms with Gasteiger partial charge in [0.25, 0.3) is 0 Å². The van der Waals surface area contributed by atoms with Gasteiger partial charge in [0.1, 0.15) is 0 Å². The highest BCUT2D eigenvalue weighted by molar-refractivity contribution is 5.78. The summed E-state index contributed by atoms with van der Waals surface area (Å²) < 4.78 is 5.35. The summed E-state index contributed by atoms with van der Waals surface area (Å²) in [5, 5.41) is 8.84. The lowest BCUT2D eigenvalue weighted by atomic mass is 9.94. The fraction of sp³-hybridized carbons (Fsp3) is 0.846. The molecule has 1 rings (SSSR count). The minimum absolute atomic E-state index is 0.00301. The molecular weight excluding hydrogens is 234 g/mol. The second-order valence-electron chi connectivity index (χ2n) is 5.62. The van der Waals surface area contributed by atoms with Gasteiger partial charge >= 0.3 is 5.97 Å². The van der Waals surface area contributed by atoms with Crippen molar-refractivity contribution < 1.29 is 19.4 Å². The zero-order valence-corrected chi connectivity index (χ0v) is 11.4. The second-order valence-corrected chi connectivity index (χ2v) is 5.62. The van der Waals surface area contributed by atoms with E-state index in [1.165, 1.54) is 0 Å². The average Bonchev–Trinajstić information content (AvgIpc) is 2.27. The molecule has 1 heterocycles. The van der Waals surface area contributed by atoms with Gasteiger partial charge in [0.05, 0.1) is 6.42 Å². The van der Waals surface area contributed by atoms with E-state index in [-0.39, 0.29) is 18.2 Å². The van der Waals surface area contributed by atoms with Crippen molar-refractivity contribution in [2.24, 2.45) is 5.92 Å². The summed E-state index contributed by atoms with van der Waals surface area (Å²) in [6.07, 6.45) is 2.41. The number of amides is 1. The zero-order chi connectivity index (χ0) is 13.8. The van der Waals surface area contributed by atoms with Crippen LogP contribution in [0.2, 0.25) is 0 Å². The summed E-state index contributed by atoms with van der Waals surface area (Å²) in [5.74, 6) is -0.619. The number of carbonyl (C=O) groups excluding carboxylic acids is 1. The first-order valence-electron chi connectivity index (χ1n) is 6.39. The van der Waals surface area contributed by atoms with Gasteiger partial charge in [-0.25, -0.2) is 0 Å². The van der Waals surface area contributed by atoms with Crippen molar-refractivity contribution in [2.45, 2.75) is 45.1 Å². The number of carbonyl (C=O) groups is 2. The van der Waals surface area contributed by atoms with Crippen molar-refractivity contribution >= 4 is 11.9 Å². The average molecular weight is 257 g/mol. The number of ether oxygens (including phenoxy) is 1. The Morgan fingerprint density at radius 3 is 2.61 bits per heavy atom. The van der Waals surface area contributed by atoms with Crippen molar-refractivity contribution in [3.05, 3.63) is 0 Å². The lowest BCUT2D eigenvalue weighted by molar-refractivity contribution is -0.143. The molecule has 1 aliphatic heterocycles. The van der Waals surface area contributed by atoms with Gasteiger partial charge < -0.3 is 14.7 Å². The third-order valence-electron chi connectivity index (χ3n) is 3.58. The quantitative estimate of drug-likeness (QED) is 0.810. The number of nitrogens with zero attached hydrogens (tertiary/aromatic N) is 1. The van der Waals surface area contributed by atoms with Crippen LogP contribution in [0.3, 0.4) is 0 Å². The Hall–Kier alpha value is -1.10. The van der Waals surface area contributed by atoms with Gasteiger partial charge in [-0.3, -0.25) is 9.59 Å². The van der Waals surface area contributed by atoms with Crippen LogP contribution in [-0.4, -0.2) is 47.7 Å². The molecule has 1 aliphatic rings. The molecule has 104 valence electrons. The standard InChI is InChI=1S/C13H23NO4/c1-13(2,8-12(16)17)14(3)11(15)7-10-5-4-6-18-9-10/h10H,4-9H2,1-3H3,(H,16,17). The second kappa shape index (κ2) is 6.18. The van der Waals surface area contributed by atoms with Crippen LogP contribution in [-0.2, 0) is 14.3 Å². The molecule has 0 spiro atoms. The van der Waals surface area contributed by atoms with E-state index >= 15 is 0 Å². The number of hydrogen-bond acceptors (Lipinski definition) is 3. The number of carboxylic acids is 1. The Balaban J connectivity index is 2.51. The van der Waals surface area contributed by atoms with Crippen LogP contribution in [0.25, 0.3) is 0 Å². The molecule has 0 aromatic rings. The van der Waals surface area contributed by atoms with Crippen molar-refractivity contribution in [2.75, 3.05) is 20.3 Å². The third-order valence-corrected chi connectivity index (χ3v) is 3.58. The minimum atomic E-state index is -0.888. The van der Waals surface area contributed by atoms with E-state index in [1.807, 2.05) is 0 Å². The zero-order valence-electron chi connectivity index (χ0n) is 11.4. The van der Waals surface area contributed by atoms with E-state index in [2.05, 4.69) is 0 Å². The molecule has 1 amide bonds. The van der Waals surface area contributed by atoms with Crippen LogP contribution in [0, 0.1) is 5.92 Å². The normalized spacial score (nSPS) is 20.5. The van der Waals surface area contributed by atoms with Crippen LogP contribution < -0.4 is 0 Å². The van der Waals surface area contributed by atoms with Gasteiger partial charge in [-0.1, -0.05) is 0 Å². The fourth-order valence-electron chi connectivity index (χ4n) is 2.18. The molecule has 1 N–H and O–H groups in total. The number of aliphatic carboxylic acids is 1. The van der Waals surface area contributed by atoms with E-state index in [1.54, 1.807) is 25.8 Å². The molecule has 0 aliphatic carbocycles. The maximum absolute atomic E-state index is 12.1. The molecular formula is C13H23NO4. The predicted molar refractivity (Wildman–Crippen MR) is 67.3 cm³/mol. The molecule has 1 unspecified atom stereocenters. The summed E-state index contributed by atoms with van der Waals surface area (Å²) >= 11 is 0. The van der Waals surface area contributed by atoms with E-state index < -0.39 is 11.5 Å². The first kappa shape index (κ1) is 15.0. The first-order valence-corrected chi connectivity index (χ1v) is 6.39. The summed E-state index contributed by atoms with van der Waals surface area (Å²) in [7, 11) is 1.68. The predicted octanol–water partition coefficient (Wildman–Crippen LogP) is 1.51. The molecule has 1 saturated heterocycles. The van der Waals surface area contributed by atoms with E-state index in [4.69, 9.17) is 9.84 Å². The molecule has 18 heavy (non-hydrogen) atoms. The molecule has 5 nitrogen and oxygen atoms in total. The van der Waals surface area contributed by atoms with E-state index in [0.29, 0.717) is 13.0 Å². The summed E-state index contributed by atoms with van der Waals surface area (Å²) in [6, 6.07) is 0. The first-order chi connectivity index (χ1) is 8.33. The van der Waals surface area contributed by atoms with Gasteiger partial charge in [0.15, 0.2) is 0 Å². The lowest BCUT2D eigenvalue weighted by Gasteiger charge is -2.35. The van der Waals surface area contributed by atoms with Crippen LogP contribution in [0.4, 0.5) is 0 Å². The van der Waals surface area contributed by atoms with Gasteiger partial charge in [0, 0.05) is 32.2 Å². The molecule has 1 atom stereocenters. The number of carboxylic acid groups (broad SMARTS) is 1. The maximum atomic E-state index is 12.1. The van der Waals surface area contributed by atoms with E-state index in [0.717, 1.165) is 19.4 Å². The maximum Gasteiger partial charge on any atom is 0.305 e. The minimum Gasteiger partial charge on any atom is -0.481 e. The van der Waals surface area contributed by atoms with Gasteiger partial charge in [-0.05, 0) is 32.6 Å². The van der Waals surface area contributed by atoms with Gasteiger partial charge in [0.2, 0.25) is 5.91 Å². The molecule has 1 fully saturated rings. The van der Waals surface area contributed by atoms with Gasteiger partial charge in [-0.15, -0.1) is 0 Å². The highest BCUT2D eigenvalue weighted by Crippen LogP contribution is 2.22. The molecule has 0 radical (unpaired) electrons. The van der Waals surface area contributed by atoms with Crippen molar-refractivity contribution in [1.29, 1.82) is 0 Å². The number of hydrogen-bond donors (Lipinski definition) is 1. The van der Waals surface area contributed by atoms with Crippen molar-refractivity contribution in [1.82, 2.24) is 4.90 Å². The number of rotatable bonds is 5. The Labute approximate surface area is 108 Å².